The fraction of sp³-hybridized carbons (Fsp3) is 0.619. The predicted molar refractivity (Wildman–Crippen MR) is 123 cm³/mol. The van der Waals surface area contributed by atoms with Gasteiger partial charge >= 0.3 is 0 Å². The van der Waals surface area contributed by atoms with E-state index < -0.39 is 27.5 Å². The average Bonchev–Trinajstić information content (AvgIpc) is 3.43. The molecule has 8 nitrogen and oxygen atoms in total. The van der Waals surface area contributed by atoms with Gasteiger partial charge < -0.3 is 10.1 Å². The van der Waals surface area contributed by atoms with Crippen LogP contribution in [0.5, 0.6) is 0 Å². The SMILES string of the molecule is Cc1c(Nc2nc(C3CC3)c3ncn(COCC[Si](C)(C)C)c3n2)cnn1C(CF)CF. The second-order valence-electron chi connectivity index (χ2n) is 9.62. The number of nitrogens with zero attached hydrogens (tertiary/aromatic N) is 6. The molecule has 1 N–H and O–H groups in total. The Morgan fingerprint density at radius 1 is 1.22 bits per heavy atom. The van der Waals surface area contributed by atoms with Gasteiger partial charge in [-0.3, -0.25) is 9.25 Å². The first-order chi connectivity index (χ1) is 15.3. The van der Waals surface area contributed by atoms with Gasteiger partial charge in [0.05, 0.1) is 29.6 Å². The molecule has 3 heterocycles. The quantitative estimate of drug-likeness (QED) is 0.327. The number of ether oxygens (including phenoxy) is 1. The molecule has 3 aromatic heterocycles. The maximum atomic E-state index is 13.1. The summed E-state index contributed by atoms with van der Waals surface area (Å²) < 4.78 is 35.4. The fourth-order valence-corrected chi connectivity index (χ4v) is 4.26. The topological polar surface area (TPSA) is 82.7 Å². The molecule has 1 saturated carbocycles. The van der Waals surface area contributed by atoms with Crippen LogP contribution in [0.15, 0.2) is 12.5 Å². The molecule has 174 valence electrons. The van der Waals surface area contributed by atoms with E-state index in [1.165, 1.54) is 4.68 Å². The lowest BCUT2D eigenvalue weighted by Crippen LogP contribution is -2.22. The van der Waals surface area contributed by atoms with Gasteiger partial charge in [-0.05, 0) is 25.8 Å². The molecule has 0 unspecified atom stereocenters. The third-order valence-electron chi connectivity index (χ3n) is 5.67. The summed E-state index contributed by atoms with van der Waals surface area (Å²) in [6.07, 6.45) is 5.46. The van der Waals surface area contributed by atoms with Gasteiger partial charge in [0.15, 0.2) is 5.65 Å². The molecule has 11 heteroatoms. The summed E-state index contributed by atoms with van der Waals surface area (Å²) in [6.45, 7) is 8.20. The summed E-state index contributed by atoms with van der Waals surface area (Å²) in [5.41, 5.74) is 3.69. The summed E-state index contributed by atoms with van der Waals surface area (Å²) in [4.78, 5) is 14.0. The molecule has 1 fully saturated rings. The standard InChI is InChI=1S/C21H31F2N7OSi/c1-14-17(11-25-30(14)16(9-22)10-23)26-21-27-18(15-5-6-15)19-20(28-21)29(12-24-19)13-31-7-8-32(2,3)4/h11-12,15-16H,5-10,13H2,1-4H3,(H,26,27,28). The molecule has 0 amide bonds. The first-order valence-corrected chi connectivity index (χ1v) is 14.7. The lowest BCUT2D eigenvalue weighted by atomic mass is 10.2. The monoisotopic (exact) mass is 463 g/mol. The zero-order chi connectivity index (χ0) is 22.9. The van der Waals surface area contributed by atoms with Crippen LogP contribution in [0.3, 0.4) is 0 Å². The van der Waals surface area contributed by atoms with E-state index in [1.54, 1.807) is 19.4 Å². The molecular weight excluding hydrogens is 432 g/mol. The van der Waals surface area contributed by atoms with E-state index in [0.29, 0.717) is 42.2 Å². The maximum absolute atomic E-state index is 13.1. The van der Waals surface area contributed by atoms with Gasteiger partial charge in [-0.25, -0.2) is 18.7 Å². The van der Waals surface area contributed by atoms with Gasteiger partial charge in [0.2, 0.25) is 5.95 Å². The molecule has 32 heavy (non-hydrogen) atoms. The second-order valence-corrected chi connectivity index (χ2v) is 15.2. The van der Waals surface area contributed by atoms with E-state index in [4.69, 9.17) is 9.72 Å². The van der Waals surface area contributed by atoms with Crippen molar-refractivity contribution in [2.75, 3.05) is 25.3 Å². The highest BCUT2D eigenvalue weighted by Gasteiger charge is 2.30. The summed E-state index contributed by atoms with van der Waals surface area (Å²) in [5.74, 6) is 0.798. The van der Waals surface area contributed by atoms with Gasteiger partial charge in [0.25, 0.3) is 0 Å². The summed E-state index contributed by atoms with van der Waals surface area (Å²) in [5, 5.41) is 7.34. The van der Waals surface area contributed by atoms with Crippen molar-refractivity contribution in [1.82, 2.24) is 29.3 Å². The number of halogens is 2. The number of fused-ring (bicyclic) bond motifs is 1. The molecule has 3 aromatic rings. The Morgan fingerprint density at radius 3 is 2.62 bits per heavy atom. The highest BCUT2D eigenvalue weighted by Crippen LogP contribution is 2.42. The molecule has 0 atom stereocenters. The molecule has 0 saturated heterocycles. The van der Waals surface area contributed by atoms with Crippen molar-refractivity contribution in [1.29, 1.82) is 0 Å². The largest absolute Gasteiger partial charge is 0.361 e. The van der Waals surface area contributed by atoms with Crippen LogP contribution in [0.4, 0.5) is 20.4 Å². The lowest BCUT2D eigenvalue weighted by Gasteiger charge is -2.15. The van der Waals surface area contributed by atoms with Gasteiger partial charge in [-0.2, -0.15) is 10.1 Å². The van der Waals surface area contributed by atoms with Crippen molar-refractivity contribution in [2.45, 2.75) is 64.1 Å². The Hall–Kier alpha value is -2.40. The summed E-state index contributed by atoms with van der Waals surface area (Å²) in [6, 6.07) is 0.169. The highest BCUT2D eigenvalue weighted by atomic mass is 28.3. The minimum atomic E-state index is -1.16. The van der Waals surface area contributed by atoms with Gasteiger partial charge in [0.1, 0.15) is 31.6 Å². The number of nitrogens with one attached hydrogen (secondary N) is 1. The predicted octanol–water partition coefficient (Wildman–Crippen LogP) is 4.74. The Kier molecular flexibility index (Phi) is 6.56. The summed E-state index contributed by atoms with van der Waals surface area (Å²) >= 11 is 0. The number of imidazole rings is 1. The van der Waals surface area contributed by atoms with E-state index in [0.717, 1.165) is 30.1 Å². The molecule has 0 aliphatic heterocycles. The van der Waals surface area contributed by atoms with Gasteiger partial charge in [0, 0.05) is 20.6 Å². The van der Waals surface area contributed by atoms with E-state index in [2.05, 4.69) is 40.0 Å². The Balaban J connectivity index is 1.58. The third-order valence-corrected chi connectivity index (χ3v) is 7.38. The smallest absolute Gasteiger partial charge is 0.229 e. The van der Waals surface area contributed by atoms with Gasteiger partial charge in [-0.1, -0.05) is 19.6 Å². The highest BCUT2D eigenvalue weighted by molar-refractivity contribution is 6.76. The zero-order valence-corrected chi connectivity index (χ0v) is 20.1. The first kappa shape index (κ1) is 22.8. The molecule has 0 aromatic carbocycles. The Bertz CT molecular complexity index is 1070. The Labute approximate surface area is 187 Å². The van der Waals surface area contributed by atoms with Crippen LogP contribution in [-0.4, -0.2) is 57.3 Å². The van der Waals surface area contributed by atoms with Crippen molar-refractivity contribution >= 4 is 30.9 Å². The minimum Gasteiger partial charge on any atom is -0.361 e. The number of hydrogen-bond donors (Lipinski definition) is 1. The van der Waals surface area contributed by atoms with E-state index in [9.17, 15) is 8.78 Å². The van der Waals surface area contributed by atoms with Crippen LogP contribution in [-0.2, 0) is 11.5 Å². The van der Waals surface area contributed by atoms with E-state index >= 15 is 0 Å². The van der Waals surface area contributed by atoms with Crippen molar-refractivity contribution in [3.8, 4) is 0 Å². The van der Waals surface area contributed by atoms with Crippen molar-refractivity contribution in [3.05, 3.63) is 23.9 Å². The zero-order valence-electron chi connectivity index (χ0n) is 19.1. The number of alkyl halides is 2. The van der Waals surface area contributed by atoms with Gasteiger partial charge in [-0.15, -0.1) is 0 Å². The van der Waals surface area contributed by atoms with Crippen LogP contribution in [0.25, 0.3) is 11.2 Å². The lowest BCUT2D eigenvalue weighted by molar-refractivity contribution is 0.0895. The molecule has 4 rings (SSSR count). The molecule has 1 aliphatic carbocycles. The van der Waals surface area contributed by atoms with E-state index in [-0.39, 0.29) is 0 Å². The fourth-order valence-electron chi connectivity index (χ4n) is 3.51. The number of rotatable bonds is 11. The van der Waals surface area contributed by atoms with Crippen LogP contribution in [0.2, 0.25) is 25.7 Å². The van der Waals surface area contributed by atoms with Crippen LogP contribution in [0.1, 0.15) is 36.2 Å². The molecule has 0 bridgehead atoms. The third kappa shape index (κ3) is 4.98. The van der Waals surface area contributed by atoms with E-state index in [1.807, 2.05) is 4.57 Å². The van der Waals surface area contributed by atoms with Crippen molar-refractivity contribution < 1.29 is 13.5 Å². The number of aromatic nitrogens is 6. The van der Waals surface area contributed by atoms with Crippen molar-refractivity contribution in [2.24, 2.45) is 0 Å². The Morgan fingerprint density at radius 2 is 1.97 bits per heavy atom. The maximum Gasteiger partial charge on any atom is 0.229 e. The average molecular weight is 464 g/mol. The van der Waals surface area contributed by atoms with Crippen LogP contribution < -0.4 is 5.32 Å². The molecule has 1 aliphatic rings. The first-order valence-electron chi connectivity index (χ1n) is 11.0. The van der Waals surface area contributed by atoms with Crippen LogP contribution in [0, 0.1) is 6.92 Å². The van der Waals surface area contributed by atoms with Crippen molar-refractivity contribution in [3.63, 3.8) is 0 Å². The van der Waals surface area contributed by atoms with Crippen LogP contribution >= 0.6 is 0 Å². The molecule has 0 spiro atoms. The minimum absolute atomic E-state index is 0.378. The number of hydrogen-bond acceptors (Lipinski definition) is 6. The molecule has 0 radical (unpaired) electrons. The summed E-state index contributed by atoms with van der Waals surface area (Å²) in [7, 11) is -1.16. The molecular formula is C21H31F2N7OSi. The second kappa shape index (κ2) is 9.22. The normalized spacial score (nSPS) is 14.6. The number of anilines is 2.